The topological polar surface area (TPSA) is 121 Å². The van der Waals surface area contributed by atoms with E-state index in [0.717, 1.165) is 10.0 Å². The number of amides is 1. The summed E-state index contributed by atoms with van der Waals surface area (Å²) in [7, 11) is -7.87. The molecule has 3 aromatic carbocycles. The van der Waals surface area contributed by atoms with Crippen LogP contribution in [0.1, 0.15) is 12.5 Å². The molecule has 168 valence electrons. The highest BCUT2D eigenvalue weighted by atomic mass is 79.9. The number of hydrogen-bond acceptors (Lipinski definition) is 5. The lowest BCUT2D eigenvalue weighted by atomic mass is 10.2. The van der Waals surface area contributed by atoms with Gasteiger partial charge < -0.3 is 5.32 Å². The first-order valence-electron chi connectivity index (χ1n) is 9.30. The second kappa shape index (κ2) is 9.72. The molecule has 3 aromatic rings. The van der Waals surface area contributed by atoms with E-state index in [9.17, 15) is 21.6 Å². The van der Waals surface area contributed by atoms with Crippen molar-refractivity contribution >= 4 is 53.3 Å². The second-order valence-corrected chi connectivity index (χ2v) is 11.1. The number of carbonyl (C=O) groups excluding carboxylic acids is 1. The van der Waals surface area contributed by atoms with Crippen molar-refractivity contribution in [1.29, 1.82) is 0 Å². The van der Waals surface area contributed by atoms with E-state index in [1.54, 1.807) is 36.4 Å². The van der Waals surface area contributed by atoms with Crippen LogP contribution in [0.3, 0.4) is 0 Å². The van der Waals surface area contributed by atoms with E-state index in [0.29, 0.717) is 5.69 Å². The first-order valence-corrected chi connectivity index (χ1v) is 13.1. The third-order valence-electron chi connectivity index (χ3n) is 4.27. The molecular formula is C21H20BrN3O5S2. The second-order valence-electron chi connectivity index (χ2n) is 6.80. The van der Waals surface area contributed by atoms with E-state index in [2.05, 4.69) is 30.7 Å². The zero-order chi connectivity index (χ0) is 23.4. The SMILES string of the molecule is CC(=O)NCc1ccc(S(=O)(=O)Nc2cccc(S(=O)(=O)Nc3ccc(Br)cc3)c2)cc1. The number of hydrogen-bond donors (Lipinski definition) is 3. The van der Waals surface area contributed by atoms with Gasteiger partial charge in [-0.3, -0.25) is 14.2 Å². The first-order chi connectivity index (χ1) is 15.0. The van der Waals surface area contributed by atoms with Crippen LogP contribution in [0.15, 0.2) is 87.1 Å². The summed E-state index contributed by atoms with van der Waals surface area (Å²) in [6, 6.07) is 18.1. The summed E-state index contributed by atoms with van der Waals surface area (Å²) in [5.41, 5.74) is 1.22. The first kappa shape index (κ1) is 23.8. The largest absolute Gasteiger partial charge is 0.352 e. The Bertz CT molecular complexity index is 1320. The number of carbonyl (C=O) groups is 1. The van der Waals surface area contributed by atoms with E-state index < -0.39 is 20.0 Å². The van der Waals surface area contributed by atoms with Crippen LogP contribution in [-0.4, -0.2) is 22.7 Å². The van der Waals surface area contributed by atoms with E-state index in [-0.39, 0.29) is 27.9 Å². The van der Waals surface area contributed by atoms with E-state index >= 15 is 0 Å². The zero-order valence-corrected chi connectivity index (χ0v) is 20.1. The van der Waals surface area contributed by atoms with Crippen molar-refractivity contribution in [2.45, 2.75) is 23.3 Å². The maximum absolute atomic E-state index is 12.7. The Morgan fingerprint density at radius 2 is 1.38 bits per heavy atom. The van der Waals surface area contributed by atoms with Crippen LogP contribution in [0.5, 0.6) is 0 Å². The quantitative estimate of drug-likeness (QED) is 0.404. The summed E-state index contributed by atoms with van der Waals surface area (Å²) in [5, 5.41) is 2.63. The smallest absolute Gasteiger partial charge is 0.261 e. The molecule has 8 nitrogen and oxygen atoms in total. The molecule has 0 atom stereocenters. The molecule has 0 spiro atoms. The van der Waals surface area contributed by atoms with E-state index in [1.807, 2.05) is 0 Å². The molecule has 1 amide bonds. The Morgan fingerprint density at radius 1 is 0.781 bits per heavy atom. The highest BCUT2D eigenvalue weighted by Crippen LogP contribution is 2.23. The van der Waals surface area contributed by atoms with Crippen LogP contribution in [0.25, 0.3) is 0 Å². The molecule has 0 aromatic heterocycles. The van der Waals surface area contributed by atoms with Gasteiger partial charge in [0.2, 0.25) is 5.91 Å². The van der Waals surface area contributed by atoms with Crippen LogP contribution in [0.4, 0.5) is 11.4 Å². The van der Waals surface area contributed by atoms with Crippen molar-refractivity contribution in [3.05, 3.63) is 82.8 Å². The monoisotopic (exact) mass is 537 g/mol. The molecule has 3 rings (SSSR count). The number of anilines is 2. The Kier molecular flexibility index (Phi) is 7.22. The molecule has 0 bridgehead atoms. The molecule has 0 fully saturated rings. The third-order valence-corrected chi connectivity index (χ3v) is 7.57. The number of sulfonamides is 2. The minimum atomic E-state index is -3.95. The van der Waals surface area contributed by atoms with Gasteiger partial charge in [0.1, 0.15) is 0 Å². The van der Waals surface area contributed by atoms with Gasteiger partial charge in [0.25, 0.3) is 20.0 Å². The molecule has 0 radical (unpaired) electrons. The fourth-order valence-electron chi connectivity index (χ4n) is 2.69. The Hall–Kier alpha value is -2.89. The summed E-state index contributed by atoms with van der Waals surface area (Å²) in [6.45, 7) is 1.68. The van der Waals surface area contributed by atoms with E-state index in [4.69, 9.17) is 0 Å². The average molecular weight is 538 g/mol. The standard InChI is InChI=1S/C21H20BrN3O5S2/c1-15(26)23-14-16-5-11-20(12-6-16)31(27,28)25-19-3-2-4-21(13-19)32(29,30)24-18-9-7-17(22)8-10-18/h2-13,24-25H,14H2,1H3,(H,23,26). The minimum Gasteiger partial charge on any atom is -0.352 e. The normalized spacial score (nSPS) is 11.6. The lowest BCUT2D eigenvalue weighted by Gasteiger charge is -2.12. The molecule has 0 aliphatic rings. The van der Waals surface area contributed by atoms with Crippen LogP contribution < -0.4 is 14.8 Å². The lowest BCUT2D eigenvalue weighted by molar-refractivity contribution is -0.119. The molecule has 3 N–H and O–H groups in total. The Morgan fingerprint density at radius 3 is 2.00 bits per heavy atom. The molecule has 11 heteroatoms. The van der Waals surface area contributed by atoms with Crippen molar-refractivity contribution < 1.29 is 21.6 Å². The van der Waals surface area contributed by atoms with Crippen molar-refractivity contribution in [2.24, 2.45) is 0 Å². The summed E-state index contributed by atoms with van der Waals surface area (Å²) in [5.74, 6) is -0.187. The summed E-state index contributed by atoms with van der Waals surface area (Å²) in [4.78, 5) is 10.9. The van der Waals surface area contributed by atoms with Crippen molar-refractivity contribution in [3.8, 4) is 0 Å². The highest BCUT2D eigenvalue weighted by molar-refractivity contribution is 9.10. The predicted octanol–water partition coefficient (Wildman–Crippen LogP) is 3.69. The van der Waals surface area contributed by atoms with Gasteiger partial charge in [0, 0.05) is 23.6 Å². The molecule has 32 heavy (non-hydrogen) atoms. The molecular weight excluding hydrogens is 518 g/mol. The molecule has 0 saturated carbocycles. The molecule has 0 unspecified atom stereocenters. The van der Waals surface area contributed by atoms with Gasteiger partial charge in [-0.1, -0.05) is 34.1 Å². The molecule has 0 heterocycles. The maximum atomic E-state index is 12.7. The van der Waals surface area contributed by atoms with Gasteiger partial charge in [-0.2, -0.15) is 0 Å². The highest BCUT2D eigenvalue weighted by Gasteiger charge is 2.18. The van der Waals surface area contributed by atoms with Gasteiger partial charge in [-0.25, -0.2) is 16.8 Å². The summed E-state index contributed by atoms with van der Waals surface area (Å²) >= 11 is 3.28. The van der Waals surface area contributed by atoms with Gasteiger partial charge in [0.05, 0.1) is 15.5 Å². The summed E-state index contributed by atoms with van der Waals surface area (Å²) < 4.78 is 56.5. The van der Waals surface area contributed by atoms with Gasteiger partial charge in [-0.05, 0) is 60.2 Å². The number of nitrogens with one attached hydrogen (secondary N) is 3. The minimum absolute atomic E-state index is 0.00493. The number of halogens is 1. The van der Waals surface area contributed by atoms with Gasteiger partial charge in [-0.15, -0.1) is 0 Å². The van der Waals surface area contributed by atoms with Crippen molar-refractivity contribution in [2.75, 3.05) is 9.44 Å². The number of rotatable bonds is 8. The summed E-state index contributed by atoms with van der Waals surface area (Å²) in [6.07, 6.45) is 0. The third kappa shape index (κ3) is 6.31. The van der Waals surface area contributed by atoms with E-state index in [1.165, 1.54) is 43.3 Å². The lowest BCUT2D eigenvalue weighted by Crippen LogP contribution is -2.19. The average Bonchev–Trinajstić information content (AvgIpc) is 2.74. The van der Waals surface area contributed by atoms with Gasteiger partial charge >= 0.3 is 0 Å². The Labute approximate surface area is 195 Å². The Balaban J connectivity index is 1.77. The van der Waals surface area contributed by atoms with Crippen LogP contribution in [-0.2, 0) is 31.4 Å². The van der Waals surface area contributed by atoms with Crippen LogP contribution in [0.2, 0.25) is 0 Å². The number of benzene rings is 3. The fourth-order valence-corrected chi connectivity index (χ4v) is 5.10. The zero-order valence-electron chi connectivity index (χ0n) is 16.9. The van der Waals surface area contributed by atoms with Crippen LogP contribution >= 0.6 is 15.9 Å². The molecule has 0 aliphatic carbocycles. The van der Waals surface area contributed by atoms with Crippen LogP contribution in [0, 0.1) is 0 Å². The fraction of sp³-hybridized carbons (Fsp3) is 0.0952. The van der Waals surface area contributed by atoms with Crippen molar-refractivity contribution in [1.82, 2.24) is 5.32 Å². The maximum Gasteiger partial charge on any atom is 0.261 e. The van der Waals surface area contributed by atoms with Crippen molar-refractivity contribution in [3.63, 3.8) is 0 Å². The predicted molar refractivity (Wildman–Crippen MR) is 126 cm³/mol. The molecule has 0 saturated heterocycles. The van der Waals surface area contributed by atoms with Gasteiger partial charge in [0.15, 0.2) is 0 Å². The molecule has 0 aliphatic heterocycles.